The Hall–Kier alpha value is -0.370. The van der Waals surface area contributed by atoms with Gasteiger partial charge in [-0.3, -0.25) is 33.8 Å². The van der Waals surface area contributed by atoms with Gasteiger partial charge in [-0.25, -0.2) is 0 Å². The highest BCUT2D eigenvalue weighted by Gasteiger charge is 2.68. The minimum atomic E-state index is -0.914. The molecule has 4 saturated carbocycles. The topological polar surface area (TPSA) is 113 Å². The summed E-state index contributed by atoms with van der Waals surface area (Å²) in [6.45, 7) is 1.31. The smallest absolute Gasteiger partial charge is 0.243 e. The second-order valence-corrected chi connectivity index (χ2v) is 17.5. The van der Waals surface area contributed by atoms with E-state index >= 15 is 0 Å². The number of carbonyl (C=O) groups excluding carboxylic acids is 5. The van der Waals surface area contributed by atoms with Gasteiger partial charge in [-0.1, -0.05) is 63.7 Å². The van der Waals surface area contributed by atoms with E-state index in [2.05, 4.69) is 69.0 Å². The fraction of sp³-hybridized carbons (Fsp3) is 0.828. The number of likely N-dealkylation sites (tertiary alicyclic amines) is 2. The molecule has 3 aliphatic heterocycles. The molecule has 7 rings (SSSR count). The minimum absolute atomic E-state index is 0.0571. The van der Waals surface area contributed by atoms with Crippen LogP contribution in [0, 0.1) is 47.3 Å². The van der Waals surface area contributed by atoms with Crippen molar-refractivity contribution < 1.29 is 28.7 Å². The fourth-order valence-corrected chi connectivity index (χ4v) is 13.2. The summed E-state index contributed by atoms with van der Waals surface area (Å²) in [5.74, 6) is -1.75. The van der Waals surface area contributed by atoms with Crippen LogP contribution in [0.15, 0.2) is 0 Å². The number of unbranched alkanes of at least 4 members (excludes halogenated alkanes) is 1. The highest BCUT2D eigenvalue weighted by molar-refractivity contribution is 9.12. The van der Waals surface area contributed by atoms with Gasteiger partial charge in [0.15, 0.2) is 0 Å². The quantitative estimate of drug-likeness (QED) is 0.217. The van der Waals surface area contributed by atoms with E-state index in [-0.39, 0.29) is 102 Å². The summed E-state index contributed by atoms with van der Waals surface area (Å²) < 4.78 is 5.66. The Morgan fingerprint density at radius 2 is 1.29 bits per heavy atom. The SMILES string of the molecule is O=C(NC[C@@H]1CCCO1)[C@H](CCCCN1C(=O)[C@@H]2[C@H]3C[C@@H]([C@H](Br)[C@@H]3Br)[C@@H]2C1=O)N1C(=O)[C@@H]2[C@H]3C[C@@H]([C@@H](Br)[C@H]3Br)[C@H]2C1=O. The van der Waals surface area contributed by atoms with Gasteiger partial charge in [0, 0.05) is 39.0 Å². The monoisotopic (exact) mass is 837 g/mol. The molecule has 7 fully saturated rings. The molecular weight excluding hydrogens is 806 g/mol. The number of ether oxygens (including phenoxy) is 1. The molecule has 0 spiro atoms. The summed E-state index contributed by atoms with van der Waals surface area (Å²) in [4.78, 5) is 71.0. The molecule has 3 heterocycles. The van der Waals surface area contributed by atoms with Gasteiger partial charge in [0.2, 0.25) is 29.5 Å². The first-order valence-electron chi connectivity index (χ1n) is 15.3. The lowest BCUT2D eigenvalue weighted by molar-refractivity contribution is -0.149. The Bertz CT molecular complexity index is 1140. The third-order valence-corrected chi connectivity index (χ3v) is 17.8. The zero-order valence-corrected chi connectivity index (χ0v) is 29.4. The van der Waals surface area contributed by atoms with Gasteiger partial charge in [-0.05, 0) is 68.6 Å². The van der Waals surface area contributed by atoms with Crippen molar-refractivity contribution in [2.45, 2.75) is 76.4 Å². The lowest BCUT2D eigenvalue weighted by Crippen LogP contribution is -2.51. The van der Waals surface area contributed by atoms with Crippen LogP contribution in [0.3, 0.4) is 0 Å². The Morgan fingerprint density at radius 1 is 0.786 bits per heavy atom. The van der Waals surface area contributed by atoms with E-state index in [9.17, 15) is 24.0 Å². The summed E-state index contributed by atoms with van der Waals surface area (Å²) in [7, 11) is 0. The maximum Gasteiger partial charge on any atom is 0.243 e. The predicted molar refractivity (Wildman–Crippen MR) is 166 cm³/mol. The van der Waals surface area contributed by atoms with Crippen LogP contribution in [-0.2, 0) is 28.7 Å². The molecule has 7 aliphatic rings. The van der Waals surface area contributed by atoms with Crippen LogP contribution in [0.5, 0.6) is 0 Å². The molecule has 9 nitrogen and oxygen atoms in total. The van der Waals surface area contributed by atoms with Crippen molar-refractivity contribution in [1.29, 1.82) is 0 Å². The third-order valence-electron chi connectivity index (χ3n) is 11.4. The van der Waals surface area contributed by atoms with Crippen LogP contribution in [0.1, 0.15) is 44.9 Å². The van der Waals surface area contributed by atoms with Crippen molar-refractivity contribution in [2.24, 2.45) is 47.3 Å². The van der Waals surface area contributed by atoms with E-state index in [0.717, 1.165) is 25.7 Å². The number of carbonyl (C=O) groups is 5. The van der Waals surface area contributed by atoms with E-state index in [4.69, 9.17) is 4.74 Å². The lowest BCUT2D eigenvalue weighted by Gasteiger charge is -2.28. The van der Waals surface area contributed by atoms with Crippen LogP contribution in [0.2, 0.25) is 0 Å². The molecule has 42 heavy (non-hydrogen) atoms. The number of imide groups is 2. The number of hydrogen-bond acceptors (Lipinski definition) is 6. The summed E-state index contributed by atoms with van der Waals surface area (Å²) in [5, 5.41) is 2.96. The predicted octanol–water partition coefficient (Wildman–Crippen LogP) is 3.38. The molecular formula is C29H35Br4N3O6. The van der Waals surface area contributed by atoms with E-state index < -0.39 is 6.04 Å². The Labute approximate surface area is 278 Å². The lowest BCUT2D eigenvalue weighted by atomic mass is 9.81. The van der Waals surface area contributed by atoms with Gasteiger partial charge >= 0.3 is 0 Å². The Balaban J connectivity index is 1.02. The van der Waals surface area contributed by atoms with Crippen molar-refractivity contribution in [1.82, 2.24) is 15.1 Å². The second kappa shape index (κ2) is 11.5. The molecule has 0 radical (unpaired) electrons. The zero-order valence-electron chi connectivity index (χ0n) is 23.0. The first kappa shape index (κ1) is 30.3. The van der Waals surface area contributed by atoms with Gasteiger partial charge in [0.05, 0.1) is 29.8 Å². The summed E-state index contributed by atoms with van der Waals surface area (Å²) in [6, 6.07) is -0.914. The van der Waals surface area contributed by atoms with Crippen LogP contribution < -0.4 is 5.32 Å². The van der Waals surface area contributed by atoms with E-state index in [1.54, 1.807) is 0 Å². The van der Waals surface area contributed by atoms with Crippen molar-refractivity contribution in [3.8, 4) is 0 Å². The molecule has 4 aliphatic carbocycles. The van der Waals surface area contributed by atoms with Crippen molar-refractivity contribution in [3.05, 3.63) is 0 Å². The molecule has 4 bridgehead atoms. The molecule has 0 aromatic rings. The standard InChI is InChI=1S/C29H35Br4N3O6/c30-21-12-8-13(22(21)31)18-17(12)26(38)35(27(18)39)6-2-1-5-16(25(37)34-10-11-4-3-7-42-11)36-28(40)19-14-9-15(20(19)29(36)41)24(33)23(14)32/h11-24H,1-10H2,(H,34,37)/t11-,12+,13+,14+,15+,16-,17-,18+,19+,20+,21-,22+,23-,24+/m0/s1. The number of halogens is 4. The number of nitrogens with zero attached hydrogens (tertiary/aromatic N) is 2. The fourth-order valence-electron chi connectivity index (χ4n) is 9.43. The van der Waals surface area contributed by atoms with Gasteiger partial charge in [-0.2, -0.15) is 0 Å². The molecule has 0 unspecified atom stereocenters. The minimum Gasteiger partial charge on any atom is -0.376 e. The average Bonchev–Trinajstić information content (AvgIpc) is 3.82. The normalized spacial score (nSPS) is 45.9. The van der Waals surface area contributed by atoms with Gasteiger partial charge < -0.3 is 10.1 Å². The average molecular weight is 841 g/mol. The molecule has 0 aromatic heterocycles. The van der Waals surface area contributed by atoms with Crippen LogP contribution in [0.25, 0.3) is 0 Å². The number of rotatable bonds is 9. The van der Waals surface area contributed by atoms with Gasteiger partial charge in [-0.15, -0.1) is 0 Å². The van der Waals surface area contributed by atoms with Crippen molar-refractivity contribution in [3.63, 3.8) is 0 Å². The highest BCUT2D eigenvalue weighted by atomic mass is 79.9. The van der Waals surface area contributed by atoms with E-state index in [1.807, 2.05) is 0 Å². The van der Waals surface area contributed by atoms with Gasteiger partial charge in [0.1, 0.15) is 6.04 Å². The third kappa shape index (κ3) is 4.50. The van der Waals surface area contributed by atoms with Crippen molar-refractivity contribution in [2.75, 3.05) is 19.7 Å². The maximum atomic E-state index is 13.8. The maximum absolute atomic E-state index is 13.8. The number of hydrogen-bond donors (Lipinski definition) is 1. The van der Waals surface area contributed by atoms with E-state index in [0.29, 0.717) is 39.0 Å². The molecule has 3 saturated heterocycles. The van der Waals surface area contributed by atoms with Crippen LogP contribution >= 0.6 is 63.7 Å². The number of alkyl halides is 4. The van der Waals surface area contributed by atoms with Crippen LogP contribution in [0.4, 0.5) is 0 Å². The number of fused-ring (bicyclic) bond motifs is 10. The molecule has 230 valence electrons. The number of amides is 5. The van der Waals surface area contributed by atoms with E-state index in [1.165, 1.54) is 9.80 Å². The zero-order chi connectivity index (χ0) is 29.6. The van der Waals surface area contributed by atoms with Gasteiger partial charge in [0.25, 0.3) is 0 Å². The largest absolute Gasteiger partial charge is 0.376 e. The van der Waals surface area contributed by atoms with Crippen LogP contribution in [-0.4, -0.2) is 90.5 Å². The summed E-state index contributed by atoms with van der Waals surface area (Å²) >= 11 is 14.9. The summed E-state index contributed by atoms with van der Waals surface area (Å²) in [5.41, 5.74) is 0. The Kier molecular flexibility index (Phi) is 8.26. The highest BCUT2D eigenvalue weighted by Crippen LogP contribution is 2.61. The molecule has 13 heteroatoms. The number of nitrogens with one attached hydrogen (secondary N) is 1. The molecule has 0 aromatic carbocycles. The first-order valence-corrected chi connectivity index (χ1v) is 19.0. The van der Waals surface area contributed by atoms with Crippen molar-refractivity contribution >= 4 is 93.3 Å². The summed E-state index contributed by atoms with van der Waals surface area (Å²) in [6.07, 6.45) is 4.78. The first-order chi connectivity index (χ1) is 20.1. The Morgan fingerprint density at radius 3 is 1.76 bits per heavy atom. The molecule has 1 N–H and O–H groups in total. The second-order valence-electron chi connectivity index (χ2n) is 13.3. The molecule has 5 amide bonds. The molecule has 14 atom stereocenters.